The molecule has 0 saturated carbocycles. The molecule has 0 saturated heterocycles. The Morgan fingerprint density at radius 2 is 1.93 bits per heavy atom. The number of nitrogens with one attached hydrogen (secondary N) is 1. The first-order valence-electron chi connectivity index (χ1n) is 12.9. The smallest absolute Gasteiger partial charge is 0.416 e. The van der Waals surface area contributed by atoms with E-state index in [4.69, 9.17) is 13.7 Å². The number of aromatic nitrogens is 1. The van der Waals surface area contributed by atoms with E-state index in [0.717, 1.165) is 39.4 Å². The highest BCUT2D eigenvalue weighted by atomic mass is 32.2. The maximum atomic E-state index is 13.2. The molecule has 5 rings (SSSR count). The topological polar surface area (TPSA) is 115 Å². The normalized spacial score (nSPS) is 13.9. The molecule has 9 nitrogen and oxygen atoms in total. The second kappa shape index (κ2) is 11.9. The fraction of sp³-hybridized carbons (Fsp3) is 0.241. The molecule has 13 heteroatoms. The minimum atomic E-state index is -4.69. The molecule has 0 aliphatic carbocycles. The average molecular weight is 602 g/mol. The van der Waals surface area contributed by atoms with Crippen molar-refractivity contribution in [3.63, 3.8) is 0 Å². The lowest BCUT2D eigenvalue weighted by Gasteiger charge is -2.25. The molecule has 1 aliphatic heterocycles. The Kier molecular flexibility index (Phi) is 8.23. The summed E-state index contributed by atoms with van der Waals surface area (Å²) in [4.78, 5) is 12.5. The molecule has 1 aliphatic rings. The number of rotatable bonds is 10. The van der Waals surface area contributed by atoms with Crippen molar-refractivity contribution in [3.05, 3.63) is 113 Å². The second-order valence-corrected chi connectivity index (χ2v) is 11.5. The van der Waals surface area contributed by atoms with Crippen LogP contribution in [-0.2, 0) is 42.1 Å². The molecule has 42 heavy (non-hydrogen) atoms. The van der Waals surface area contributed by atoms with Crippen molar-refractivity contribution in [2.24, 2.45) is 0 Å². The third-order valence-electron chi connectivity index (χ3n) is 6.64. The summed E-state index contributed by atoms with van der Waals surface area (Å²) in [6.45, 7) is 3.77. The number of hydrogen-bond acceptors (Lipinski definition) is 7. The average Bonchev–Trinajstić information content (AvgIpc) is 3.61. The van der Waals surface area contributed by atoms with E-state index in [1.54, 1.807) is 12.3 Å². The minimum Gasteiger partial charge on any atom is -0.490 e. The number of sulfonamides is 1. The van der Waals surface area contributed by atoms with Crippen LogP contribution < -0.4 is 10.1 Å². The van der Waals surface area contributed by atoms with Gasteiger partial charge < -0.3 is 19.0 Å². The summed E-state index contributed by atoms with van der Waals surface area (Å²) in [5, 5.41) is 6.52. The number of alkyl halides is 3. The van der Waals surface area contributed by atoms with Gasteiger partial charge in [0.1, 0.15) is 23.9 Å². The first-order valence-corrected chi connectivity index (χ1v) is 14.3. The molecule has 220 valence electrons. The van der Waals surface area contributed by atoms with E-state index in [0.29, 0.717) is 30.6 Å². The quantitative estimate of drug-likeness (QED) is 0.251. The number of halogens is 3. The van der Waals surface area contributed by atoms with Gasteiger partial charge in [0.15, 0.2) is 5.69 Å². The number of fused-ring (bicyclic) bond motifs is 1. The van der Waals surface area contributed by atoms with Gasteiger partial charge in [-0.1, -0.05) is 36.0 Å². The Balaban J connectivity index is 1.22. The Labute approximate surface area is 239 Å². The summed E-state index contributed by atoms with van der Waals surface area (Å²) in [7, 11) is -4.29. The van der Waals surface area contributed by atoms with Crippen LogP contribution in [0.15, 0.2) is 87.4 Å². The molecule has 0 spiro atoms. The molecule has 0 atom stereocenters. The van der Waals surface area contributed by atoms with Gasteiger partial charge in [0.25, 0.3) is 5.91 Å². The molecule has 1 N–H and O–H groups in total. The van der Waals surface area contributed by atoms with Crippen LogP contribution in [0.25, 0.3) is 0 Å². The second-order valence-electron chi connectivity index (χ2n) is 9.57. The van der Waals surface area contributed by atoms with E-state index < -0.39 is 32.6 Å². The molecule has 0 unspecified atom stereocenters. The van der Waals surface area contributed by atoms with Crippen LogP contribution in [0.4, 0.5) is 13.2 Å². The van der Waals surface area contributed by atoms with Crippen LogP contribution in [0.1, 0.15) is 44.3 Å². The van der Waals surface area contributed by atoms with Gasteiger partial charge in [-0.2, -0.15) is 17.5 Å². The summed E-state index contributed by atoms with van der Waals surface area (Å²) in [6, 6.07) is 13.0. The zero-order valence-electron chi connectivity index (χ0n) is 22.2. The van der Waals surface area contributed by atoms with Crippen molar-refractivity contribution < 1.29 is 40.1 Å². The summed E-state index contributed by atoms with van der Waals surface area (Å²) in [6.07, 6.45) is -0.719. The highest BCUT2D eigenvalue weighted by molar-refractivity contribution is 7.89. The minimum absolute atomic E-state index is 0.0401. The SMILES string of the molecule is C=CCOc1ccc(Cc2coc(CNC(=O)c3noc4c3CN(S(=O)(=O)c3cccc(C(F)(F)F)c3)CC4)c2)cc1. The van der Waals surface area contributed by atoms with Crippen molar-refractivity contribution in [2.75, 3.05) is 13.2 Å². The van der Waals surface area contributed by atoms with Crippen LogP contribution in [0.3, 0.4) is 0 Å². The van der Waals surface area contributed by atoms with Crippen molar-refractivity contribution in [3.8, 4) is 5.75 Å². The molecule has 4 aromatic rings. The fourth-order valence-corrected chi connectivity index (χ4v) is 5.96. The predicted octanol–water partition coefficient (Wildman–Crippen LogP) is 5.12. The number of amides is 1. The molecule has 1 amide bonds. The van der Waals surface area contributed by atoms with Crippen LogP contribution in [-0.4, -0.2) is 36.9 Å². The Hall–Kier alpha value is -4.36. The fourth-order valence-electron chi connectivity index (χ4n) is 4.51. The molecule has 0 bridgehead atoms. The summed E-state index contributed by atoms with van der Waals surface area (Å²) in [5.41, 5.74) is 1.03. The number of furan rings is 1. The predicted molar refractivity (Wildman–Crippen MR) is 144 cm³/mol. The number of ether oxygens (including phenoxy) is 1. The van der Waals surface area contributed by atoms with Gasteiger partial charge in [0.2, 0.25) is 10.0 Å². The van der Waals surface area contributed by atoms with Crippen molar-refractivity contribution in [1.29, 1.82) is 0 Å². The highest BCUT2D eigenvalue weighted by Gasteiger charge is 2.36. The molecule has 0 fully saturated rings. The van der Waals surface area contributed by atoms with Gasteiger partial charge in [-0.15, -0.1) is 0 Å². The summed E-state index contributed by atoms with van der Waals surface area (Å²) < 4.78 is 83.1. The number of carbonyl (C=O) groups excluding carboxylic acids is 1. The first kappa shape index (κ1) is 29.1. The Morgan fingerprint density at radius 1 is 1.14 bits per heavy atom. The van der Waals surface area contributed by atoms with E-state index in [1.165, 1.54) is 0 Å². The molecular weight excluding hydrogens is 575 g/mol. The van der Waals surface area contributed by atoms with Crippen LogP contribution in [0.5, 0.6) is 5.75 Å². The van der Waals surface area contributed by atoms with Gasteiger partial charge in [-0.05, 0) is 47.5 Å². The van der Waals surface area contributed by atoms with Gasteiger partial charge in [0, 0.05) is 31.5 Å². The molecule has 0 radical (unpaired) electrons. The first-order chi connectivity index (χ1) is 20.0. The third-order valence-corrected chi connectivity index (χ3v) is 8.48. The van der Waals surface area contributed by atoms with Gasteiger partial charge in [0.05, 0.1) is 23.3 Å². The lowest BCUT2D eigenvalue weighted by atomic mass is 10.1. The standard InChI is InChI=1S/C29H26F3N3O6S/c1-2-12-39-22-8-6-19(7-9-22)13-20-14-23(40-18-20)16-33-28(36)27-25-17-35(11-10-26(25)41-34-27)42(37,38)24-5-3-4-21(15-24)29(30,31)32/h2-9,14-15,18H,1,10-13,16-17H2,(H,33,36). The summed E-state index contributed by atoms with van der Waals surface area (Å²) >= 11 is 0. The zero-order valence-corrected chi connectivity index (χ0v) is 23.0. The largest absolute Gasteiger partial charge is 0.490 e. The maximum absolute atomic E-state index is 13.2. The number of hydrogen-bond donors (Lipinski definition) is 1. The van der Waals surface area contributed by atoms with Crippen molar-refractivity contribution in [1.82, 2.24) is 14.8 Å². The van der Waals surface area contributed by atoms with Gasteiger partial charge in [-0.25, -0.2) is 8.42 Å². The van der Waals surface area contributed by atoms with Gasteiger partial charge >= 0.3 is 6.18 Å². The van der Waals surface area contributed by atoms with E-state index in [-0.39, 0.29) is 37.3 Å². The van der Waals surface area contributed by atoms with E-state index >= 15 is 0 Å². The molecule has 2 aromatic carbocycles. The lowest BCUT2D eigenvalue weighted by molar-refractivity contribution is -0.137. The van der Waals surface area contributed by atoms with Crippen LogP contribution in [0, 0.1) is 0 Å². The molecular formula is C29H26F3N3O6S. The Bertz CT molecular complexity index is 1690. The van der Waals surface area contributed by atoms with Crippen molar-refractivity contribution in [2.45, 2.75) is 37.0 Å². The molecule has 3 heterocycles. The maximum Gasteiger partial charge on any atom is 0.416 e. The van der Waals surface area contributed by atoms with Crippen molar-refractivity contribution >= 4 is 15.9 Å². The number of benzene rings is 2. The van der Waals surface area contributed by atoms with Crippen LogP contribution in [0.2, 0.25) is 0 Å². The highest BCUT2D eigenvalue weighted by Crippen LogP contribution is 2.33. The third kappa shape index (κ3) is 6.42. The van der Waals surface area contributed by atoms with E-state index in [1.807, 2.05) is 30.3 Å². The Morgan fingerprint density at radius 3 is 2.67 bits per heavy atom. The van der Waals surface area contributed by atoms with Crippen LogP contribution >= 0.6 is 0 Å². The summed E-state index contributed by atoms with van der Waals surface area (Å²) in [5.74, 6) is 0.972. The van der Waals surface area contributed by atoms with Gasteiger partial charge in [-0.3, -0.25) is 4.79 Å². The lowest BCUT2D eigenvalue weighted by Crippen LogP contribution is -2.36. The molecule has 2 aromatic heterocycles. The van der Waals surface area contributed by atoms with E-state index in [9.17, 15) is 26.4 Å². The van der Waals surface area contributed by atoms with E-state index in [2.05, 4.69) is 17.1 Å². The number of carbonyl (C=O) groups is 1. The monoisotopic (exact) mass is 601 g/mol. The number of nitrogens with zero attached hydrogens (tertiary/aromatic N) is 2. The zero-order chi connectivity index (χ0) is 29.9.